The van der Waals surface area contributed by atoms with Crippen LogP contribution in [0.3, 0.4) is 0 Å². The normalized spacial score (nSPS) is 17.7. The fraction of sp³-hybridized carbons (Fsp3) is 0.400. The second kappa shape index (κ2) is 9.02. The van der Waals surface area contributed by atoms with Crippen molar-refractivity contribution >= 4 is 17.7 Å². The van der Waals surface area contributed by atoms with E-state index in [4.69, 9.17) is 9.47 Å². The minimum atomic E-state index is -0.319. The van der Waals surface area contributed by atoms with E-state index in [1.54, 1.807) is 32.4 Å². The molecular weight excluding hydrogens is 408 g/mol. The Hall–Kier alpha value is -3.35. The van der Waals surface area contributed by atoms with Crippen LogP contribution in [0.25, 0.3) is 0 Å². The molecule has 7 heteroatoms. The van der Waals surface area contributed by atoms with Gasteiger partial charge in [0.05, 0.1) is 31.4 Å². The molecule has 168 valence electrons. The average molecular weight is 437 g/mol. The van der Waals surface area contributed by atoms with Crippen LogP contribution in [0.2, 0.25) is 0 Å². The summed E-state index contributed by atoms with van der Waals surface area (Å²) in [7, 11) is 3.22. The molecule has 0 spiro atoms. The topological polar surface area (TPSA) is 76.2 Å². The van der Waals surface area contributed by atoms with Crippen molar-refractivity contribution in [3.8, 4) is 11.5 Å². The molecule has 2 aromatic rings. The summed E-state index contributed by atoms with van der Waals surface area (Å²) < 4.78 is 10.9. The van der Waals surface area contributed by atoms with Crippen LogP contribution in [0.1, 0.15) is 75.3 Å². The van der Waals surface area contributed by atoms with Gasteiger partial charge in [0, 0.05) is 24.2 Å². The van der Waals surface area contributed by atoms with Crippen molar-refractivity contribution in [2.75, 3.05) is 27.3 Å². The van der Waals surface area contributed by atoms with Crippen molar-refractivity contribution in [3.05, 3.63) is 58.7 Å². The van der Waals surface area contributed by atoms with E-state index in [9.17, 15) is 14.4 Å². The molecule has 0 bridgehead atoms. The minimum absolute atomic E-state index is 0.154. The Labute approximate surface area is 187 Å². The highest BCUT2D eigenvalue weighted by Crippen LogP contribution is 2.40. The first-order valence-electron chi connectivity index (χ1n) is 11.0. The number of hydrogen-bond donors (Lipinski definition) is 0. The number of carbonyl (C=O) groups excluding carboxylic acids is 3. The Morgan fingerprint density at radius 3 is 2.53 bits per heavy atom. The maximum atomic E-state index is 13.5. The highest BCUT2D eigenvalue weighted by Gasteiger charge is 2.37. The Morgan fingerprint density at radius 2 is 1.81 bits per heavy atom. The number of methoxy groups -OCH3 is 2. The quantitative estimate of drug-likeness (QED) is 0.612. The number of hydrogen-bond acceptors (Lipinski definition) is 5. The number of unbranched alkanes of at least 4 members (excludes halogenated alkanes) is 1. The summed E-state index contributed by atoms with van der Waals surface area (Å²) in [6.07, 6.45) is 3.32. The lowest BCUT2D eigenvalue weighted by Crippen LogP contribution is -2.31. The van der Waals surface area contributed by atoms with Gasteiger partial charge in [0.15, 0.2) is 0 Å². The van der Waals surface area contributed by atoms with Gasteiger partial charge in [-0.3, -0.25) is 19.3 Å². The van der Waals surface area contributed by atoms with Gasteiger partial charge in [-0.25, -0.2) is 0 Å². The first kappa shape index (κ1) is 21.9. The molecule has 1 saturated heterocycles. The number of amides is 3. The van der Waals surface area contributed by atoms with Crippen molar-refractivity contribution in [3.63, 3.8) is 0 Å². The third-order valence-electron chi connectivity index (χ3n) is 6.26. The zero-order valence-electron chi connectivity index (χ0n) is 18.7. The molecule has 1 unspecified atom stereocenters. The van der Waals surface area contributed by atoms with Gasteiger partial charge < -0.3 is 14.4 Å². The monoisotopic (exact) mass is 436 g/mol. The minimum Gasteiger partial charge on any atom is -0.497 e. The van der Waals surface area contributed by atoms with Crippen LogP contribution in [-0.2, 0) is 0 Å². The smallest absolute Gasteiger partial charge is 0.261 e. The molecule has 2 aromatic carbocycles. The maximum absolute atomic E-state index is 13.5. The Bertz CT molecular complexity index is 1060. The lowest BCUT2D eigenvalue weighted by molar-refractivity contribution is 0.0651. The molecule has 0 aliphatic carbocycles. The molecule has 2 aliphatic rings. The third kappa shape index (κ3) is 3.72. The third-order valence-corrected chi connectivity index (χ3v) is 6.26. The van der Waals surface area contributed by atoms with Gasteiger partial charge in [0.25, 0.3) is 17.7 Å². The maximum Gasteiger partial charge on any atom is 0.261 e. The summed E-state index contributed by atoms with van der Waals surface area (Å²) in [5, 5.41) is 0. The molecule has 7 nitrogen and oxygen atoms in total. The molecule has 4 rings (SSSR count). The molecule has 0 saturated carbocycles. The van der Waals surface area contributed by atoms with E-state index in [2.05, 4.69) is 0 Å². The van der Waals surface area contributed by atoms with Crippen molar-refractivity contribution < 1.29 is 23.9 Å². The molecule has 2 heterocycles. The zero-order valence-corrected chi connectivity index (χ0v) is 18.7. The highest BCUT2D eigenvalue weighted by molar-refractivity contribution is 6.22. The van der Waals surface area contributed by atoms with E-state index in [0.29, 0.717) is 41.3 Å². The summed E-state index contributed by atoms with van der Waals surface area (Å²) in [4.78, 5) is 42.0. The Kier molecular flexibility index (Phi) is 6.17. The Morgan fingerprint density at radius 1 is 1.03 bits per heavy atom. The van der Waals surface area contributed by atoms with Gasteiger partial charge in [-0.2, -0.15) is 0 Å². The van der Waals surface area contributed by atoms with Gasteiger partial charge >= 0.3 is 0 Å². The highest BCUT2D eigenvalue weighted by atomic mass is 16.5. The SMILES string of the molecule is CCCCN1C(=O)c2ccc(C(=O)N3CCCC3c3cc(OC)ccc3OC)cc2C1=O. The molecule has 1 atom stereocenters. The molecule has 0 N–H and O–H groups in total. The summed E-state index contributed by atoms with van der Waals surface area (Å²) in [6, 6.07) is 10.3. The summed E-state index contributed by atoms with van der Waals surface area (Å²) in [5.74, 6) is 0.649. The van der Waals surface area contributed by atoms with Crippen molar-refractivity contribution in [1.82, 2.24) is 9.80 Å². The second-order valence-electron chi connectivity index (χ2n) is 8.14. The van der Waals surface area contributed by atoms with Crippen molar-refractivity contribution in [2.24, 2.45) is 0 Å². The van der Waals surface area contributed by atoms with Crippen LogP contribution in [0, 0.1) is 0 Å². The lowest BCUT2D eigenvalue weighted by atomic mass is 10.0. The summed E-state index contributed by atoms with van der Waals surface area (Å²) >= 11 is 0. The number of nitrogens with zero attached hydrogens (tertiary/aromatic N) is 2. The van der Waals surface area contributed by atoms with Crippen LogP contribution in [0.4, 0.5) is 0 Å². The second-order valence-corrected chi connectivity index (χ2v) is 8.14. The zero-order chi connectivity index (χ0) is 22.8. The van der Waals surface area contributed by atoms with Crippen LogP contribution in [0.5, 0.6) is 11.5 Å². The number of rotatable bonds is 7. The number of likely N-dealkylation sites (tertiary alicyclic amines) is 1. The molecule has 0 radical (unpaired) electrons. The number of fused-ring (bicyclic) bond motifs is 1. The predicted molar refractivity (Wildman–Crippen MR) is 119 cm³/mol. The van der Waals surface area contributed by atoms with Crippen LogP contribution >= 0.6 is 0 Å². The molecule has 32 heavy (non-hydrogen) atoms. The van der Waals surface area contributed by atoms with Crippen molar-refractivity contribution in [2.45, 2.75) is 38.6 Å². The molecular formula is C25H28N2O5. The van der Waals surface area contributed by atoms with E-state index in [-0.39, 0.29) is 23.8 Å². The van der Waals surface area contributed by atoms with E-state index < -0.39 is 0 Å². The molecule has 1 fully saturated rings. The molecule has 0 aromatic heterocycles. The van der Waals surface area contributed by atoms with E-state index in [0.717, 1.165) is 31.2 Å². The average Bonchev–Trinajstić information content (AvgIpc) is 3.40. The standard InChI is InChI=1S/C25H28N2O5/c1-4-5-12-27-24(29)18-10-8-16(14-19(18)25(27)30)23(28)26-13-6-7-21(26)20-15-17(31-2)9-11-22(20)32-3/h8-11,14-15,21H,4-7,12-13H2,1-3H3. The van der Waals surface area contributed by atoms with Gasteiger partial charge in [0.2, 0.25) is 0 Å². The van der Waals surface area contributed by atoms with Crippen LogP contribution < -0.4 is 9.47 Å². The largest absolute Gasteiger partial charge is 0.497 e. The molecule has 3 amide bonds. The number of carbonyl (C=O) groups is 3. The number of imide groups is 1. The number of benzene rings is 2. The molecule has 2 aliphatic heterocycles. The van der Waals surface area contributed by atoms with E-state index >= 15 is 0 Å². The van der Waals surface area contributed by atoms with Crippen molar-refractivity contribution in [1.29, 1.82) is 0 Å². The van der Waals surface area contributed by atoms with E-state index in [1.807, 2.05) is 30.0 Å². The van der Waals surface area contributed by atoms with Crippen LogP contribution in [-0.4, -0.2) is 54.8 Å². The van der Waals surface area contributed by atoms with E-state index in [1.165, 1.54) is 4.90 Å². The fourth-order valence-electron chi connectivity index (χ4n) is 4.54. The Balaban J connectivity index is 1.63. The summed E-state index contributed by atoms with van der Waals surface area (Å²) in [6.45, 7) is 3.02. The fourth-order valence-corrected chi connectivity index (χ4v) is 4.54. The van der Waals surface area contributed by atoms with Crippen LogP contribution in [0.15, 0.2) is 36.4 Å². The number of ether oxygens (including phenoxy) is 2. The van der Waals surface area contributed by atoms with Gasteiger partial charge in [-0.15, -0.1) is 0 Å². The lowest BCUT2D eigenvalue weighted by Gasteiger charge is -2.27. The van der Waals surface area contributed by atoms with Gasteiger partial charge in [-0.05, 0) is 55.7 Å². The predicted octanol–water partition coefficient (Wildman–Crippen LogP) is 4.08. The first-order chi connectivity index (χ1) is 15.5. The van der Waals surface area contributed by atoms with Gasteiger partial charge in [0.1, 0.15) is 11.5 Å². The van der Waals surface area contributed by atoms with Gasteiger partial charge in [-0.1, -0.05) is 13.3 Å². The summed E-state index contributed by atoms with van der Waals surface area (Å²) in [5.41, 5.74) is 1.99. The first-order valence-corrected chi connectivity index (χ1v) is 11.0.